The van der Waals surface area contributed by atoms with Gasteiger partial charge in [-0.05, 0) is 37.8 Å². The average Bonchev–Trinajstić information content (AvgIpc) is 2.83. The molecule has 0 saturated carbocycles. The summed E-state index contributed by atoms with van der Waals surface area (Å²) in [5.74, 6) is 0. The molecule has 3 nitrogen and oxygen atoms in total. The molecule has 3 heterocycles. The van der Waals surface area contributed by atoms with Gasteiger partial charge < -0.3 is 10.1 Å². The average molecular weight is 204 g/mol. The summed E-state index contributed by atoms with van der Waals surface area (Å²) in [5.41, 5.74) is 2.41. The first-order chi connectivity index (χ1) is 7.33. The van der Waals surface area contributed by atoms with Crippen molar-refractivity contribution in [2.45, 2.75) is 44.4 Å². The quantitative estimate of drug-likeness (QED) is 0.801. The summed E-state index contributed by atoms with van der Waals surface area (Å²) in [6, 6.07) is 2.55. The number of aromatic nitrogens is 1. The molecule has 2 fully saturated rings. The molecule has 0 amide bonds. The van der Waals surface area contributed by atoms with E-state index in [2.05, 4.69) is 17.2 Å². The molecule has 2 saturated heterocycles. The van der Waals surface area contributed by atoms with Gasteiger partial charge in [-0.3, -0.25) is 4.98 Å². The molecule has 15 heavy (non-hydrogen) atoms. The highest BCUT2D eigenvalue weighted by Gasteiger charge is 2.40. The summed E-state index contributed by atoms with van der Waals surface area (Å²) in [6.45, 7) is 2.09. The zero-order valence-electron chi connectivity index (χ0n) is 8.94. The number of aryl methyl sites for hydroxylation is 1. The number of anilines is 1. The van der Waals surface area contributed by atoms with Crippen LogP contribution in [0.15, 0.2) is 18.5 Å². The number of hydrogen-bond acceptors (Lipinski definition) is 3. The van der Waals surface area contributed by atoms with E-state index in [4.69, 9.17) is 4.74 Å². The second-order valence-corrected chi connectivity index (χ2v) is 4.55. The highest BCUT2D eigenvalue weighted by atomic mass is 16.5. The van der Waals surface area contributed by atoms with E-state index in [9.17, 15) is 0 Å². The Morgan fingerprint density at radius 1 is 1.47 bits per heavy atom. The highest BCUT2D eigenvalue weighted by molar-refractivity contribution is 5.49. The van der Waals surface area contributed by atoms with E-state index in [1.54, 1.807) is 0 Å². The number of rotatable bonds is 2. The minimum atomic E-state index is 0.433. The minimum absolute atomic E-state index is 0.433. The van der Waals surface area contributed by atoms with Gasteiger partial charge in [0, 0.05) is 18.1 Å². The lowest BCUT2D eigenvalue weighted by molar-refractivity contribution is 0.102. The van der Waals surface area contributed by atoms with Crippen molar-refractivity contribution >= 4 is 5.69 Å². The maximum absolute atomic E-state index is 5.82. The van der Waals surface area contributed by atoms with Gasteiger partial charge in [-0.25, -0.2) is 0 Å². The third kappa shape index (κ3) is 1.61. The van der Waals surface area contributed by atoms with Crippen LogP contribution in [0.25, 0.3) is 0 Å². The highest BCUT2D eigenvalue weighted by Crippen LogP contribution is 2.36. The third-order valence-corrected chi connectivity index (χ3v) is 3.47. The Hall–Kier alpha value is -1.09. The Bertz CT molecular complexity index is 366. The van der Waals surface area contributed by atoms with Crippen molar-refractivity contribution in [3.05, 3.63) is 24.0 Å². The number of fused-ring (bicyclic) bond motifs is 2. The molecular weight excluding hydrogens is 188 g/mol. The molecule has 3 heteroatoms. The van der Waals surface area contributed by atoms with Gasteiger partial charge in [0.1, 0.15) is 0 Å². The lowest BCUT2D eigenvalue weighted by Crippen LogP contribution is -2.30. The molecule has 2 aliphatic heterocycles. The molecule has 0 aromatic carbocycles. The number of pyridine rings is 1. The van der Waals surface area contributed by atoms with Crippen molar-refractivity contribution in [2.75, 3.05) is 5.32 Å². The summed E-state index contributed by atoms with van der Waals surface area (Å²) in [5, 5.41) is 3.58. The van der Waals surface area contributed by atoms with E-state index < -0.39 is 0 Å². The molecule has 1 aromatic heterocycles. The first-order valence-corrected chi connectivity index (χ1v) is 5.65. The Morgan fingerprint density at radius 3 is 3.07 bits per heavy atom. The van der Waals surface area contributed by atoms with Crippen molar-refractivity contribution in [3.8, 4) is 0 Å². The Kier molecular flexibility index (Phi) is 2.13. The Labute approximate surface area is 89.9 Å². The number of hydrogen-bond donors (Lipinski definition) is 1. The van der Waals surface area contributed by atoms with Gasteiger partial charge in [-0.1, -0.05) is 0 Å². The fraction of sp³-hybridized carbons (Fsp3) is 0.583. The molecule has 0 spiro atoms. The van der Waals surface area contributed by atoms with E-state index in [0.717, 1.165) is 6.42 Å². The molecule has 1 aromatic rings. The number of ether oxygens (including phenoxy) is 1. The fourth-order valence-electron chi connectivity index (χ4n) is 2.62. The van der Waals surface area contributed by atoms with Crippen LogP contribution in [0.3, 0.4) is 0 Å². The first-order valence-electron chi connectivity index (χ1n) is 5.65. The van der Waals surface area contributed by atoms with Gasteiger partial charge in [-0.2, -0.15) is 0 Å². The van der Waals surface area contributed by atoms with Crippen LogP contribution in [0.1, 0.15) is 24.8 Å². The van der Waals surface area contributed by atoms with Crippen LogP contribution >= 0.6 is 0 Å². The van der Waals surface area contributed by atoms with Gasteiger partial charge >= 0.3 is 0 Å². The lowest BCUT2D eigenvalue weighted by Gasteiger charge is -2.22. The van der Waals surface area contributed by atoms with Crippen LogP contribution in [-0.4, -0.2) is 23.2 Å². The number of nitrogens with one attached hydrogen (secondary N) is 1. The molecule has 2 bridgehead atoms. The predicted molar refractivity (Wildman–Crippen MR) is 58.9 cm³/mol. The second-order valence-electron chi connectivity index (χ2n) is 4.55. The standard InChI is InChI=1S/C12H16N2O/c1-8-7-13-5-4-10(8)14-11-6-9-2-3-12(11)15-9/h4-5,7,9,11-12H,2-3,6H2,1H3,(H,13,14). The van der Waals surface area contributed by atoms with Crippen LogP contribution in [-0.2, 0) is 4.74 Å². The van der Waals surface area contributed by atoms with E-state index in [-0.39, 0.29) is 0 Å². The SMILES string of the molecule is Cc1cnccc1NC1CC2CCC1O2. The summed E-state index contributed by atoms with van der Waals surface area (Å²) in [7, 11) is 0. The monoisotopic (exact) mass is 204 g/mol. The third-order valence-electron chi connectivity index (χ3n) is 3.47. The van der Waals surface area contributed by atoms with Crippen molar-refractivity contribution in [3.63, 3.8) is 0 Å². The summed E-state index contributed by atoms with van der Waals surface area (Å²) in [6.07, 6.45) is 8.30. The van der Waals surface area contributed by atoms with Gasteiger partial charge in [0.05, 0.1) is 18.2 Å². The molecule has 3 atom stereocenters. The van der Waals surface area contributed by atoms with E-state index in [0.29, 0.717) is 18.2 Å². The van der Waals surface area contributed by atoms with Crippen molar-refractivity contribution in [1.29, 1.82) is 0 Å². The topological polar surface area (TPSA) is 34.2 Å². The molecule has 0 aliphatic carbocycles. The molecule has 2 aliphatic rings. The number of nitrogens with zero attached hydrogens (tertiary/aromatic N) is 1. The van der Waals surface area contributed by atoms with Crippen molar-refractivity contribution in [1.82, 2.24) is 4.98 Å². The van der Waals surface area contributed by atoms with Gasteiger partial charge in [-0.15, -0.1) is 0 Å². The maximum Gasteiger partial charge on any atom is 0.0781 e. The van der Waals surface area contributed by atoms with Crippen molar-refractivity contribution in [2.24, 2.45) is 0 Å². The van der Waals surface area contributed by atoms with Gasteiger partial charge in [0.2, 0.25) is 0 Å². The van der Waals surface area contributed by atoms with Crippen LogP contribution < -0.4 is 5.32 Å². The minimum Gasteiger partial charge on any atom is -0.379 e. The van der Waals surface area contributed by atoms with Crippen LogP contribution in [0.2, 0.25) is 0 Å². The first kappa shape index (κ1) is 9.16. The van der Waals surface area contributed by atoms with E-state index >= 15 is 0 Å². The lowest BCUT2D eigenvalue weighted by atomic mass is 9.95. The predicted octanol–water partition coefficient (Wildman–Crippen LogP) is 2.12. The fourth-order valence-corrected chi connectivity index (χ4v) is 2.62. The molecule has 0 radical (unpaired) electrons. The normalized spacial score (nSPS) is 33.3. The summed E-state index contributed by atoms with van der Waals surface area (Å²) in [4.78, 5) is 4.10. The van der Waals surface area contributed by atoms with Gasteiger partial charge in [0.15, 0.2) is 0 Å². The smallest absolute Gasteiger partial charge is 0.0781 e. The molecule has 3 unspecified atom stereocenters. The van der Waals surface area contributed by atoms with Gasteiger partial charge in [0.25, 0.3) is 0 Å². The molecule has 80 valence electrons. The Balaban J connectivity index is 1.73. The van der Waals surface area contributed by atoms with Crippen LogP contribution in [0.5, 0.6) is 0 Å². The second kappa shape index (κ2) is 3.49. The zero-order chi connectivity index (χ0) is 10.3. The van der Waals surface area contributed by atoms with E-state index in [1.165, 1.54) is 24.1 Å². The van der Waals surface area contributed by atoms with Crippen LogP contribution in [0.4, 0.5) is 5.69 Å². The summed E-state index contributed by atoms with van der Waals surface area (Å²) < 4.78 is 5.82. The molecule has 3 rings (SSSR count). The summed E-state index contributed by atoms with van der Waals surface area (Å²) >= 11 is 0. The van der Waals surface area contributed by atoms with Crippen LogP contribution in [0, 0.1) is 6.92 Å². The zero-order valence-corrected chi connectivity index (χ0v) is 8.94. The Morgan fingerprint density at radius 2 is 2.40 bits per heavy atom. The van der Waals surface area contributed by atoms with Crippen molar-refractivity contribution < 1.29 is 4.74 Å². The maximum atomic E-state index is 5.82. The van der Waals surface area contributed by atoms with E-state index in [1.807, 2.05) is 18.5 Å². The molecule has 1 N–H and O–H groups in total. The largest absolute Gasteiger partial charge is 0.379 e. The molecular formula is C12H16N2O.